The van der Waals surface area contributed by atoms with Crippen molar-refractivity contribution in [1.82, 2.24) is 0 Å². The molecule has 0 radical (unpaired) electrons. The zero-order valence-corrected chi connectivity index (χ0v) is 15.4. The summed E-state index contributed by atoms with van der Waals surface area (Å²) >= 11 is 0. The molecule has 3 aliphatic carbocycles. The number of hydrogen-bond donors (Lipinski definition) is 1. The van der Waals surface area contributed by atoms with Crippen LogP contribution in [0.5, 0.6) is 0 Å². The Bertz CT molecular complexity index is 594. The average molecular weight is 328 g/mol. The molecule has 5 atom stereocenters. The van der Waals surface area contributed by atoms with Crippen molar-refractivity contribution in [2.75, 3.05) is 0 Å². The molecule has 1 aromatic rings. The topological polar surface area (TPSA) is 37.3 Å². The lowest BCUT2D eigenvalue weighted by Crippen LogP contribution is -2.42. The number of aliphatic hydroxyl groups is 1. The molecule has 0 saturated heterocycles. The SMILES string of the molecule is CC.CC12CCC3c4ccc(CO)cc4CCC3C1CCC2C=O. The molecule has 1 aromatic carbocycles. The van der Waals surface area contributed by atoms with Crippen molar-refractivity contribution >= 4 is 6.29 Å². The van der Waals surface area contributed by atoms with Gasteiger partial charge in [0.05, 0.1) is 6.61 Å². The highest BCUT2D eigenvalue weighted by Gasteiger charge is 2.54. The smallest absolute Gasteiger partial charge is 0.123 e. The summed E-state index contributed by atoms with van der Waals surface area (Å²) in [7, 11) is 0. The van der Waals surface area contributed by atoms with Crippen LogP contribution in [0.15, 0.2) is 18.2 Å². The van der Waals surface area contributed by atoms with Gasteiger partial charge < -0.3 is 9.90 Å². The van der Waals surface area contributed by atoms with Crippen LogP contribution in [0.2, 0.25) is 0 Å². The monoisotopic (exact) mass is 328 g/mol. The van der Waals surface area contributed by atoms with Gasteiger partial charge in [0.2, 0.25) is 0 Å². The van der Waals surface area contributed by atoms with Crippen LogP contribution in [0.25, 0.3) is 0 Å². The highest BCUT2D eigenvalue weighted by molar-refractivity contribution is 5.56. The Kier molecular flexibility index (Phi) is 5.15. The first-order valence-electron chi connectivity index (χ1n) is 9.85. The van der Waals surface area contributed by atoms with Crippen molar-refractivity contribution in [1.29, 1.82) is 0 Å². The van der Waals surface area contributed by atoms with Crippen LogP contribution >= 0.6 is 0 Å². The number of aryl methyl sites for hydroxylation is 1. The molecular weight excluding hydrogens is 296 g/mol. The molecule has 2 saturated carbocycles. The number of fused-ring (bicyclic) bond motifs is 5. The Hall–Kier alpha value is -1.15. The minimum absolute atomic E-state index is 0.142. The van der Waals surface area contributed by atoms with E-state index in [1.807, 2.05) is 13.8 Å². The van der Waals surface area contributed by atoms with Gasteiger partial charge >= 0.3 is 0 Å². The molecule has 4 rings (SSSR count). The maximum absolute atomic E-state index is 11.5. The lowest BCUT2D eigenvalue weighted by molar-refractivity contribution is -0.115. The summed E-state index contributed by atoms with van der Waals surface area (Å²) < 4.78 is 0. The molecule has 132 valence electrons. The van der Waals surface area contributed by atoms with Gasteiger partial charge in [-0.05, 0) is 78.4 Å². The van der Waals surface area contributed by atoms with Gasteiger partial charge in [0.1, 0.15) is 6.29 Å². The normalized spacial score (nSPS) is 36.7. The summed E-state index contributed by atoms with van der Waals surface area (Å²) in [6, 6.07) is 6.58. The Balaban J connectivity index is 0.000000815. The third-order valence-electron chi connectivity index (χ3n) is 7.21. The molecule has 0 aliphatic heterocycles. The van der Waals surface area contributed by atoms with E-state index in [-0.39, 0.29) is 17.9 Å². The van der Waals surface area contributed by atoms with Crippen molar-refractivity contribution < 1.29 is 9.90 Å². The summed E-state index contributed by atoms with van der Waals surface area (Å²) in [4.78, 5) is 11.5. The predicted molar refractivity (Wildman–Crippen MR) is 97.9 cm³/mol. The first kappa shape index (κ1) is 17.7. The van der Waals surface area contributed by atoms with E-state index in [0.717, 1.165) is 30.2 Å². The Morgan fingerprint density at radius 1 is 1.21 bits per heavy atom. The molecule has 1 N–H and O–H groups in total. The minimum atomic E-state index is 0.142. The highest BCUT2D eigenvalue weighted by Crippen LogP contribution is 2.62. The molecule has 2 heteroatoms. The number of benzene rings is 1. The Morgan fingerprint density at radius 2 is 2.00 bits per heavy atom. The van der Waals surface area contributed by atoms with Gasteiger partial charge in [-0.15, -0.1) is 0 Å². The van der Waals surface area contributed by atoms with E-state index in [0.29, 0.717) is 5.92 Å². The standard InChI is InChI=1S/C20H26O2.C2H6/c1-20-9-8-17-16-5-2-13(11-21)10-14(16)3-6-18(17)19(20)7-4-15(20)12-22;1-2/h2,5,10,12,15,17-19,21H,3-4,6-9,11H2,1H3;1-2H3. The third kappa shape index (κ3) is 2.63. The molecule has 2 nitrogen and oxygen atoms in total. The zero-order chi connectivity index (χ0) is 17.3. The lowest BCUT2D eigenvalue weighted by atomic mass is 9.54. The van der Waals surface area contributed by atoms with E-state index in [9.17, 15) is 9.90 Å². The summed E-state index contributed by atoms with van der Waals surface area (Å²) in [6.07, 6.45) is 8.41. The van der Waals surface area contributed by atoms with Crippen molar-refractivity contribution in [2.45, 2.75) is 71.8 Å². The maximum atomic E-state index is 11.5. The van der Waals surface area contributed by atoms with E-state index in [2.05, 4.69) is 25.1 Å². The highest BCUT2D eigenvalue weighted by atomic mass is 16.3. The first-order chi connectivity index (χ1) is 11.7. The van der Waals surface area contributed by atoms with E-state index in [1.165, 1.54) is 43.1 Å². The molecule has 0 spiro atoms. The van der Waals surface area contributed by atoms with Gasteiger partial charge in [-0.25, -0.2) is 0 Å². The summed E-state index contributed by atoms with van der Waals surface area (Å²) in [5.74, 6) is 2.46. The van der Waals surface area contributed by atoms with Crippen molar-refractivity contribution in [3.63, 3.8) is 0 Å². The fourth-order valence-corrected chi connectivity index (χ4v) is 6.00. The van der Waals surface area contributed by atoms with Crippen LogP contribution in [-0.4, -0.2) is 11.4 Å². The molecule has 0 heterocycles. The second kappa shape index (κ2) is 7.00. The molecule has 24 heavy (non-hydrogen) atoms. The molecule has 0 bridgehead atoms. The largest absolute Gasteiger partial charge is 0.392 e. The zero-order valence-electron chi connectivity index (χ0n) is 15.4. The number of hydrogen-bond acceptors (Lipinski definition) is 2. The molecule has 0 amide bonds. The Labute approximate surface area is 146 Å². The van der Waals surface area contributed by atoms with E-state index in [1.54, 1.807) is 0 Å². The number of aldehydes is 1. The van der Waals surface area contributed by atoms with Gasteiger partial charge in [-0.3, -0.25) is 0 Å². The fraction of sp³-hybridized carbons (Fsp3) is 0.682. The fourth-order valence-electron chi connectivity index (χ4n) is 6.00. The van der Waals surface area contributed by atoms with Crippen molar-refractivity contribution in [2.24, 2.45) is 23.2 Å². The molecular formula is C22H32O2. The van der Waals surface area contributed by atoms with Crippen LogP contribution in [0, 0.1) is 23.2 Å². The van der Waals surface area contributed by atoms with Crippen LogP contribution < -0.4 is 0 Å². The number of carbonyl (C=O) groups excluding carboxylic acids is 1. The average Bonchev–Trinajstić information content (AvgIpc) is 2.99. The van der Waals surface area contributed by atoms with Crippen LogP contribution in [0.4, 0.5) is 0 Å². The predicted octanol–water partition coefficient (Wildman–Crippen LogP) is 4.88. The third-order valence-corrected chi connectivity index (χ3v) is 7.21. The first-order valence-corrected chi connectivity index (χ1v) is 9.85. The number of carbonyl (C=O) groups is 1. The van der Waals surface area contributed by atoms with Gasteiger partial charge in [0.25, 0.3) is 0 Å². The number of rotatable bonds is 2. The molecule has 0 aromatic heterocycles. The summed E-state index contributed by atoms with van der Waals surface area (Å²) in [6.45, 7) is 6.52. The van der Waals surface area contributed by atoms with Crippen LogP contribution in [0.1, 0.15) is 75.5 Å². The van der Waals surface area contributed by atoms with Gasteiger partial charge in [0, 0.05) is 5.92 Å². The second-order valence-corrected chi connectivity index (χ2v) is 7.97. The maximum Gasteiger partial charge on any atom is 0.123 e. The number of aliphatic hydroxyl groups excluding tert-OH is 1. The Morgan fingerprint density at radius 3 is 2.71 bits per heavy atom. The minimum Gasteiger partial charge on any atom is -0.392 e. The second-order valence-electron chi connectivity index (χ2n) is 7.97. The summed E-state index contributed by atoms with van der Waals surface area (Å²) in [5, 5.41) is 9.35. The quantitative estimate of drug-likeness (QED) is 0.786. The van der Waals surface area contributed by atoms with Crippen molar-refractivity contribution in [3.05, 3.63) is 34.9 Å². The van der Waals surface area contributed by atoms with E-state index < -0.39 is 0 Å². The van der Waals surface area contributed by atoms with Crippen LogP contribution in [0.3, 0.4) is 0 Å². The van der Waals surface area contributed by atoms with Gasteiger partial charge in [-0.2, -0.15) is 0 Å². The van der Waals surface area contributed by atoms with Crippen LogP contribution in [-0.2, 0) is 17.8 Å². The summed E-state index contributed by atoms with van der Waals surface area (Å²) in [5.41, 5.74) is 4.29. The van der Waals surface area contributed by atoms with E-state index in [4.69, 9.17) is 0 Å². The van der Waals surface area contributed by atoms with Gasteiger partial charge in [-0.1, -0.05) is 39.0 Å². The molecule has 5 unspecified atom stereocenters. The van der Waals surface area contributed by atoms with Crippen molar-refractivity contribution in [3.8, 4) is 0 Å². The lowest BCUT2D eigenvalue weighted by Gasteiger charge is -2.50. The molecule has 2 fully saturated rings. The van der Waals surface area contributed by atoms with E-state index >= 15 is 0 Å². The molecule has 3 aliphatic rings. The van der Waals surface area contributed by atoms with Gasteiger partial charge in [0.15, 0.2) is 0 Å².